The van der Waals surface area contributed by atoms with E-state index >= 15 is 0 Å². The molecule has 0 unspecified atom stereocenters. The van der Waals surface area contributed by atoms with Gasteiger partial charge in [0.2, 0.25) is 0 Å². The van der Waals surface area contributed by atoms with Gasteiger partial charge in [-0.1, -0.05) is 30.3 Å². The summed E-state index contributed by atoms with van der Waals surface area (Å²) in [6.07, 6.45) is -0.535. The molecule has 2 aromatic carbocycles. The Morgan fingerprint density at radius 3 is 2.37 bits per heavy atom. The van der Waals surface area contributed by atoms with Crippen molar-refractivity contribution in [1.82, 2.24) is 14.8 Å². The number of rotatable bonds is 6. The number of carbonyl (C=O) groups is 2. The smallest absolute Gasteiger partial charge is 0.435 e. The first-order chi connectivity index (χ1) is 19.3. The molecule has 0 atom stereocenters. The number of phenolic OH excluding ortho intramolecular Hbond substituents is 1. The molecule has 2 N–H and O–H groups in total. The maximum Gasteiger partial charge on any atom is 0.435 e. The highest BCUT2D eigenvalue weighted by atomic mass is 32.1. The summed E-state index contributed by atoms with van der Waals surface area (Å²) in [7, 11) is 0. The predicted octanol–water partition coefficient (Wildman–Crippen LogP) is 7.41. The molecule has 10 heteroatoms. The Bertz CT molecular complexity index is 1640. The molecule has 0 fully saturated rings. The Morgan fingerprint density at radius 2 is 1.73 bits per heavy atom. The van der Waals surface area contributed by atoms with Crippen molar-refractivity contribution in [2.24, 2.45) is 0 Å². The Morgan fingerprint density at radius 1 is 1.00 bits per heavy atom. The third-order valence-electron chi connectivity index (χ3n) is 5.59. The predicted molar refractivity (Wildman–Crippen MR) is 160 cm³/mol. The first-order valence-electron chi connectivity index (χ1n) is 13.1. The van der Waals surface area contributed by atoms with E-state index in [2.05, 4.69) is 14.8 Å². The second-order valence-electron chi connectivity index (χ2n) is 11.4. The molecule has 0 amide bonds. The number of aromatic amines is 1. The van der Waals surface area contributed by atoms with E-state index < -0.39 is 11.7 Å². The third kappa shape index (κ3) is 7.96. The van der Waals surface area contributed by atoms with Crippen LogP contribution in [-0.4, -0.2) is 43.6 Å². The molecule has 41 heavy (non-hydrogen) atoms. The van der Waals surface area contributed by atoms with Gasteiger partial charge >= 0.3 is 6.09 Å². The van der Waals surface area contributed by atoms with Gasteiger partial charge in [-0.15, -0.1) is 11.3 Å². The fraction of sp³-hybridized carbons (Fsp3) is 0.323. The van der Waals surface area contributed by atoms with Gasteiger partial charge in [0, 0.05) is 21.8 Å². The molecule has 9 nitrogen and oxygen atoms in total. The van der Waals surface area contributed by atoms with E-state index in [0.29, 0.717) is 30.9 Å². The van der Waals surface area contributed by atoms with E-state index in [0.717, 1.165) is 31.7 Å². The van der Waals surface area contributed by atoms with Crippen LogP contribution in [0.25, 0.3) is 32.5 Å². The number of hydrogen-bond donors (Lipinski definition) is 2. The molecule has 0 saturated carbocycles. The maximum atomic E-state index is 13.0. The summed E-state index contributed by atoms with van der Waals surface area (Å²) in [4.78, 5) is 26.8. The van der Waals surface area contributed by atoms with Gasteiger partial charge in [-0.25, -0.2) is 4.79 Å². The van der Waals surface area contributed by atoms with Gasteiger partial charge in [-0.05, 0) is 71.4 Å². The van der Waals surface area contributed by atoms with Crippen molar-refractivity contribution in [3.05, 3.63) is 71.1 Å². The lowest BCUT2D eigenvalue weighted by molar-refractivity contribution is -0.138. The number of benzene rings is 2. The van der Waals surface area contributed by atoms with E-state index in [9.17, 15) is 14.7 Å². The number of phenols is 1. The summed E-state index contributed by atoms with van der Waals surface area (Å²) in [6, 6.07) is 19.0. The lowest BCUT2D eigenvalue weighted by Crippen LogP contribution is -2.27. The van der Waals surface area contributed by atoms with Gasteiger partial charge in [0.15, 0.2) is 0 Å². The lowest BCUT2D eigenvalue weighted by Gasteiger charge is -2.19. The van der Waals surface area contributed by atoms with Crippen LogP contribution in [0, 0.1) is 0 Å². The van der Waals surface area contributed by atoms with Crippen LogP contribution in [0.15, 0.2) is 60.7 Å². The lowest BCUT2D eigenvalue weighted by atomic mass is 10.2. The summed E-state index contributed by atoms with van der Waals surface area (Å²) >= 11 is 1.54. The number of ether oxygens (including phenoxy) is 3. The minimum atomic E-state index is -0.647. The van der Waals surface area contributed by atoms with Crippen LogP contribution in [0.3, 0.4) is 0 Å². The number of carbonyl (C=O) groups excluding carboxylic acids is 2. The summed E-state index contributed by atoms with van der Waals surface area (Å²) < 4.78 is 18.2. The zero-order valence-electron chi connectivity index (χ0n) is 24.1. The molecule has 0 radical (unpaired) electrons. The largest absolute Gasteiger partial charge is 0.508 e. The molecule has 0 spiro atoms. The van der Waals surface area contributed by atoms with Gasteiger partial charge < -0.3 is 24.3 Å². The van der Waals surface area contributed by atoms with Crippen molar-refractivity contribution in [3.63, 3.8) is 0 Å². The summed E-state index contributed by atoms with van der Waals surface area (Å²) in [5.41, 5.74) is 3.01. The average molecular weight is 578 g/mol. The first-order valence-corrected chi connectivity index (χ1v) is 13.9. The van der Waals surface area contributed by atoms with Gasteiger partial charge in [0.25, 0.3) is 6.47 Å². The van der Waals surface area contributed by atoms with Gasteiger partial charge in [-0.2, -0.15) is 9.78 Å². The fourth-order valence-electron chi connectivity index (χ4n) is 3.88. The van der Waals surface area contributed by atoms with Crippen molar-refractivity contribution in [1.29, 1.82) is 0 Å². The molecular weight excluding hydrogens is 542 g/mol. The van der Waals surface area contributed by atoms with Crippen LogP contribution in [0.1, 0.15) is 52.0 Å². The van der Waals surface area contributed by atoms with E-state index in [4.69, 9.17) is 9.47 Å². The van der Waals surface area contributed by atoms with E-state index in [1.807, 2.05) is 90.1 Å². The van der Waals surface area contributed by atoms with Crippen LogP contribution in [0.5, 0.6) is 5.75 Å². The van der Waals surface area contributed by atoms with Crippen molar-refractivity contribution < 1.29 is 28.9 Å². The highest BCUT2D eigenvalue weighted by molar-refractivity contribution is 7.19. The van der Waals surface area contributed by atoms with Crippen molar-refractivity contribution in [2.75, 3.05) is 0 Å². The number of nitrogens with one attached hydrogen (secondary N) is 1. The normalized spacial score (nSPS) is 11.8. The topological polar surface area (TPSA) is 116 Å². The number of aromatic hydroxyl groups is 1. The molecular formula is C31H35N3O6S. The highest BCUT2D eigenvalue weighted by Crippen LogP contribution is 2.36. The Kier molecular flexibility index (Phi) is 8.84. The number of H-pyrrole nitrogens is 1. The quantitative estimate of drug-likeness (QED) is 0.202. The number of nitrogens with zero attached hydrogens (tertiary/aromatic N) is 2. The number of hydrogen-bond acceptors (Lipinski definition) is 8. The molecule has 0 aliphatic rings. The summed E-state index contributed by atoms with van der Waals surface area (Å²) in [5, 5.41) is 15.4. The van der Waals surface area contributed by atoms with Crippen molar-refractivity contribution >= 4 is 45.0 Å². The summed E-state index contributed by atoms with van der Waals surface area (Å²) in [5.74, 6) is 0.180. The monoisotopic (exact) mass is 577 g/mol. The molecule has 3 heterocycles. The molecule has 0 saturated heterocycles. The van der Waals surface area contributed by atoms with Crippen molar-refractivity contribution in [3.8, 4) is 17.1 Å². The van der Waals surface area contributed by atoms with E-state index in [1.54, 1.807) is 12.1 Å². The van der Waals surface area contributed by atoms with Crippen LogP contribution in [0.4, 0.5) is 4.79 Å². The third-order valence-corrected chi connectivity index (χ3v) is 6.70. The van der Waals surface area contributed by atoms with Crippen LogP contribution in [0.2, 0.25) is 0 Å². The van der Waals surface area contributed by atoms with Crippen LogP contribution in [-0.2, 0) is 32.2 Å². The van der Waals surface area contributed by atoms with Gasteiger partial charge in [0.05, 0.1) is 29.1 Å². The molecule has 3 aromatic heterocycles. The molecule has 5 aromatic rings. The van der Waals surface area contributed by atoms with Crippen LogP contribution >= 0.6 is 11.3 Å². The zero-order valence-corrected chi connectivity index (χ0v) is 24.9. The minimum absolute atomic E-state index is 0.180. The second kappa shape index (κ2) is 12.2. The molecule has 216 valence electrons. The van der Waals surface area contributed by atoms with E-state index in [1.165, 1.54) is 16.0 Å². The molecule has 0 aliphatic heterocycles. The Labute approximate surface area is 242 Å². The summed E-state index contributed by atoms with van der Waals surface area (Å²) in [6.45, 7) is 12.3. The maximum absolute atomic E-state index is 13.0. The van der Waals surface area contributed by atoms with Gasteiger partial charge in [-0.3, -0.25) is 4.79 Å². The average Bonchev–Trinajstić information content (AvgIpc) is 3.56. The van der Waals surface area contributed by atoms with Gasteiger partial charge in [0.1, 0.15) is 22.6 Å². The zero-order chi connectivity index (χ0) is 29.8. The standard InChI is InChI=1S/C26H25N3O4S.C5H10O2/c1-26(2,3)33-25(31)29-22-13-19(15-32-14-16-7-5-4-6-8-16)34-24(22)23(28-29)21-11-17-9-10-18(30)12-20(17)27-21;1-5(2,3)7-4-6/h4-13,27,30H,14-15H2,1-3H3;4H,1-3H3. The SMILES string of the molecule is CC(C)(C)OC(=O)n1nc(-c2cc3ccc(O)cc3[nH]2)c2sc(COCc3ccccc3)cc21.CC(C)(C)OC=O. The fourth-order valence-corrected chi connectivity index (χ4v) is 4.95. The minimum Gasteiger partial charge on any atom is -0.508 e. The Hall–Kier alpha value is -4.15. The molecule has 5 rings (SSSR count). The molecule has 0 bridgehead atoms. The number of aromatic nitrogens is 3. The van der Waals surface area contributed by atoms with Crippen LogP contribution < -0.4 is 0 Å². The number of fused-ring (bicyclic) bond motifs is 2. The van der Waals surface area contributed by atoms with E-state index in [-0.39, 0.29) is 11.4 Å². The molecule has 0 aliphatic carbocycles. The second-order valence-corrected chi connectivity index (χ2v) is 12.6. The first kappa shape index (κ1) is 29.8. The highest BCUT2D eigenvalue weighted by Gasteiger charge is 2.25. The number of thiophene rings is 1. The Balaban J connectivity index is 0.000000493. The van der Waals surface area contributed by atoms with Crippen molar-refractivity contribution in [2.45, 2.75) is 66.0 Å².